The van der Waals surface area contributed by atoms with Crippen molar-refractivity contribution in [2.75, 3.05) is 32.0 Å². The van der Waals surface area contributed by atoms with E-state index in [1.807, 2.05) is 29.2 Å². The van der Waals surface area contributed by atoms with E-state index in [4.69, 9.17) is 15.9 Å². The molecule has 1 aromatic rings. The molecule has 16 heavy (non-hydrogen) atoms. The molecule has 4 nitrogen and oxygen atoms in total. The summed E-state index contributed by atoms with van der Waals surface area (Å²) in [6, 6.07) is 7.84. The van der Waals surface area contributed by atoms with Crippen LogP contribution in [-0.4, -0.2) is 41.4 Å². The van der Waals surface area contributed by atoms with E-state index >= 15 is 0 Å². The van der Waals surface area contributed by atoms with Crippen LogP contribution in [0.5, 0.6) is 0 Å². The maximum Gasteiger partial charge on any atom is 0.0558 e. The summed E-state index contributed by atoms with van der Waals surface area (Å²) >= 11 is 0. The Bertz CT molecular complexity index is 294. The van der Waals surface area contributed by atoms with Gasteiger partial charge in [-0.15, -0.1) is 0 Å². The quantitative estimate of drug-likeness (QED) is 0.619. The van der Waals surface area contributed by atoms with Gasteiger partial charge in [0.25, 0.3) is 0 Å². The third-order valence-corrected chi connectivity index (χ3v) is 2.74. The highest BCUT2D eigenvalue weighted by Gasteiger charge is 2.14. The summed E-state index contributed by atoms with van der Waals surface area (Å²) in [5.41, 5.74) is 7.50. The smallest absolute Gasteiger partial charge is 0.0558 e. The highest BCUT2D eigenvalue weighted by Crippen LogP contribution is 2.20. The summed E-state index contributed by atoms with van der Waals surface area (Å²) in [5.74, 6) is 0. The Morgan fingerprint density at radius 3 is 2.06 bits per heavy atom. The maximum atomic E-state index is 8.96. The topological polar surface area (TPSA) is 69.7 Å². The molecule has 0 aliphatic rings. The number of nitrogen functional groups attached to an aromatic ring is 1. The molecule has 4 N–H and O–H groups in total. The molecule has 1 atom stereocenters. The van der Waals surface area contributed by atoms with E-state index in [0.717, 1.165) is 11.3 Å². The van der Waals surface area contributed by atoms with Crippen LogP contribution in [0.25, 0.3) is 0 Å². The lowest BCUT2D eigenvalue weighted by Crippen LogP contribution is -2.32. The van der Waals surface area contributed by atoms with Gasteiger partial charge in [0.05, 0.1) is 13.2 Å². The molecule has 0 aliphatic carbocycles. The van der Waals surface area contributed by atoms with Crippen LogP contribution in [0.1, 0.15) is 18.5 Å². The van der Waals surface area contributed by atoms with Crippen molar-refractivity contribution in [1.29, 1.82) is 0 Å². The van der Waals surface area contributed by atoms with Crippen molar-refractivity contribution in [3.63, 3.8) is 0 Å². The zero-order chi connectivity index (χ0) is 12.0. The molecule has 90 valence electrons. The van der Waals surface area contributed by atoms with Gasteiger partial charge in [-0.3, -0.25) is 4.90 Å². The second kappa shape index (κ2) is 6.48. The Morgan fingerprint density at radius 2 is 1.62 bits per heavy atom. The van der Waals surface area contributed by atoms with Gasteiger partial charge in [0.15, 0.2) is 0 Å². The molecule has 0 amide bonds. The van der Waals surface area contributed by atoms with Crippen molar-refractivity contribution in [3.05, 3.63) is 29.8 Å². The minimum Gasteiger partial charge on any atom is -0.399 e. The van der Waals surface area contributed by atoms with Gasteiger partial charge < -0.3 is 15.9 Å². The zero-order valence-electron chi connectivity index (χ0n) is 9.63. The first-order valence-corrected chi connectivity index (χ1v) is 5.50. The molecule has 0 spiro atoms. The first kappa shape index (κ1) is 13.0. The molecule has 1 unspecified atom stereocenters. The van der Waals surface area contributed by atoms with Crippen molar-refractivity contribution in [2.45, 2.75) is 13.0 Å². The fourth-order valence-corrected chi connectivity index (χ4v) is 1.74. The third kappa shape index (κ3) is 3.48. The zero-order valence-corrected chi connectivity index (χ0v) is 9.63. The first-order chi connectivity index (χ1) is 7.69. The van der Waals surface area contributed by atoms with Crippen LogP contribution in [0.15, 0.2) is 24.3 Å². The maximum absolute atomic E-state index is 8.96. The number of hydrogen-bond donors (Lipinski definition) is 3. The SMILES string of the molecule is CC(c1ccc(N)cc1)N(CCO)CCO. The van der Waals surface area contributed by atoms with E-state index < -0.39 is 0 Å². The van der Waals surface area contributed by atoms with Crippen LogP contribution in [-0.2, 0) is 0 Å². The van der Waals surface area contributed by atoms with Gasteiger partial charge >= 0.3 is 0 Å². The normalized spacial score (nSPS) is 13.0. The van der Waals surface area contributed by atoms with E-state index in [1.165, 1.54) is 0 Å². The molecular formula is C12H20N2O2. The van der Waals surface area contributed by atoms with Gasteiger partial charge in [-0.2, -0.15) is 0 Å². The molecule has 0 fully saturated rings. The summed E-state index contributed by atoms with van der Waals surface area (Å²) in [5, 5.41) is 17.9. The summed E-state index contributed by atoms with van der Waals surface area (Å²) < 4.78 is 0. The number of hydrogen-bond acceptors (Lipinski definition) is 4. The van der Waals surface area contributed by atoms with Gasteiger partial charge in [0, 0.05) is 24.8 Å². The molecule has 0 heterocycles. The van der Waals surface area contributed by atoms with Crippen molar-refractivity contribution in [2.24, 2.45) is 0 Å². The summed E-state index contributed by atoms with van der Waals surface area (Å²) in [4.78, 5) is 2.03. The van der Waals surface area contributed by atoms with Crippen LogP contribution in [0, 0.1) is 0 Å². The van der Waals surface area contributed by atoms with Gasteiger partial charge in [-0.25, -0.2) is 0 Å². The minimum atomic E-state index is 0.0965. The van der Waals surface area contributed by atoms with Crippen LogP contribution in [0.3, 0.4) is 0 Å². The summed E-state index contributed by atoms with van der Waals surface area (Å²) in [6.07, 6.45) is 0. The van der Waals surface area contributed by atoms with Crippen molar-refractivity contribution in [1.82, 2.24) is 4.90 Å². The predicted molar refractivity (Wildman–Crippen MR) is 65.0 cm³/mol. The monoisotopic (exact) mass is 224 g/mol. The molecule has 1 rings (SSSR count). The van der Waals surface area contributed by atoms with Crippen molar-refractivity contribution >= 4 is 5.69 Å². The molecular weight excluding hydrogens is 204 g/mol. The van der Waals surface area contributed by atoms with Gasteiger partial charge in [0.2, 0.25) is 0 Å². The van der Waals surface area contributed by atoms with Gasteiger partial charge in [-0.05, 0) is 24.6 Å². The molecule has 0 aromatic heterocycles. The van der Waals surface area contributed by atoms with E-state index in [0.29, 0.717) is 13.1 Å². The van der Waals surface area contributed by atoms with Crippen LogP contribution < -0.4 is 5.73 Å². The highest BCUT2D eigenvalue weighted by molar-refractivity contribution is 5.40. The average Bonchev–Trinajstić information content (AvgIpc) is 2.29. The van der Waals surface area contributed by atoms with Crippen LogP contribution in [0.4, 0.5) is 5.69 Å². The molecule has 0 saturated carbocycles. The second-order valence-corrected chi connectivity index (χ2v) is 3.83. The minimum absolute atomic E-state index is 0.0965. The van der Waals surface area contributed by atoms with Crippen molar-refractivity contribution in [3.8, 4) is 0 Å². The number of aliphatic hydroxyl groups is 2. The average molecular weight is 224 g/mol. The molecule has 0 saturated heterocycles. The fraction of sp³-hybridized carbons (Fsp3) is 0.500. The number of benzene rings is 1. The Labute approximate surface area is 96.3 Å². The Kier molecular flexibility index (Phi) is 5.25. The number of anilines is 1. The van der Waals surface area contributed by atoms with Gasteiger partial charge in [0.1, 0.15) is 0 Å². The Morgan fingerprint density at radius 1 is 1.12 bits per heavy atom. The lowest BCUT2D eigenvalue weighted by Gasteiger charge is -2.28. The molecule has 0 radical (unpaired) electrons. The van der Waals surface area contributed by atoms with E-state index in [2.05, 4.69) is 6.92 Å². The lowest BCUT2D eigenvalue weighted by molar-refractivity contribution is 0.129. The number of aliphatic hydroxyl groups excluding tert-OH is 2. The lowest BCUT2D eigenvalue weighted by atomic mass is 10.1. The largest absolute Gasteiger partial charge is 0.399 e. The molecule has 0 aliphatic heterocycles. The molecule has 4 heteroatoms. The first-order valence-electron chi connectivity index (χ1n) is 5.50. The summed E-state index contributed by atoms with van der Waals surface area (Å²) in [6.45, 7) is 3.37. The number of nitrogens with zero attached hydrogens (tertiary/aromatic N) is 1. The van der Waals surface area contributed by atoms with Crippen LogP contribution >= 0.6 is 0 Å². The van der Waals surface area contributed by atoms with E-state index in [-0.39, 0.29) is 19.3 Å². The van der Waals surface area contributed by atoms with E-state index in [1.54, 1.807) is 0 Å². The number of rotatable bonds is 6. The predicted octanol–water partition coefficient (Wildman–Crippen LogP) is 0.616. The third-order valence-electron chi connectivity index (χ3n) is 2.74. The summed E-state index contributed by atoms with van der Waals surface area (Å²) in [7, 11) is 0. The fourth-order valence-electron chi connectivity index (χ4n) is 1.74. The second-order valence-electron chi connectivity index (χ2n) is 3.83. The molecule has 1 aromatic carbocycles. The standard InChI is InChI=1S/C12H20N2O2/c1-10(14(6-8-15)7-9-16)11-2-4-12(13)5-3-11/h2-5,10,15-16H,6-9,13H2,1H3. The Hall–Kier alpha value is -1.10. The van der Waals surface area contributed by atoms with Gasteiger partial charge in [-0.1, -0.05) is 12.1 Å². The van der Waals surface area contributed by atoms with E-state index in [9.17, 15) is 0 Å². The molecule has 0 bridgehead atoms. The highest BCUT2D eigenvalue weighted by atomic mass is 16.3. The van der Waals surface area contributed by atoms with Crippen molar-refractivity contribution < 1.29 is 10.2 Å². The van der Waals surface area contributed by atoms with Crippen LogP contribution in [0.2, 0.25) is 0 Å². The number of nitrogens with two attached hydrogens (primary N) is 1. The Balaban J connectivity index is 2.72.